The Morgan fingerprint density at radius 3 is 2.54 bits per heavy atom. The normalized spacial score (nSPS) is 16.5. The number of nitrogens with one attached hydrogen (secondary N) is 2. The van der Waals surface area contributed by atoms with Crippen LogP contribution in [0.3, 0.4) is 0 Å². The van der Waals surface area contributed by atoms with Gasteiger partial charge in [-0.25, -0.2) is 0 Å². The molecule has 1 aliphatic rings. The monoisotopic (exact) mass is 382 g/mol. The fraction of sp³-hybridized carbons (Fsp3) is 0.381. The van der Waals surface area contributed by atoms with E-state index in [4.69, 9.17) is 5.73 Å². The summed E-state index contributed by atoms with van der Waals surface area (Å²) >= 11 is 0. The minimum absolute atomic E-state index is 0.0483. The molecule has 1 saturated carbocycles. The maximum absolute atomic E-state index is 12.6. The molecule has 0 heterocycles. The number of nitrogens with zero attached hydrogens (tertiary/aromatic N) is 1. The summed E-state index contributed by atoms with van der Waals surface area (Å²) in [7, 11) is 0. The van der Waals surface area contributed by atoms with Gasteiger partial charge < -0.3 is 16.4 Å². The molecule has 28 heavy (non-hydrogen) atoms. The largest absolute Gasteiger partial charge is 0.393 e. The topological polar surface area (TPSA) is 110 Å². The fourth-order valence-electron chi connectivity index (χ4n) is 3.90. The highest BCUT2D eigenvalue weighted by Gasteiger charge is 2.35. The van der Waals surface area contributed by atoms with Crippen LogP contribution in [-0.2, 0) is 0 Å². The van der Waals surface area contributed by atoms with Crippen molar-refractivity contribution in [1.82, 2.24) is 10.6 Å². The molecule has 7 heteroatoms. The molecule has 1 aliphatic carbocycles. The van der Waals surface area contributed by atoms with Gasteiger partial charge >= 0.3 is 0 Å². The van der Waals surface area contributed by atoms with Crippen LogP contribution < -0.4 is 16.4 Å². The van der Waals surface area contributed by atoms with E-state index in [0.29, 0.717) is 6.54 Å². The average molecular weight is 382 g/mol. The van der Waals surface area contributed by atoms with Crippen molar-refractivity contribution in [2.24, 2.45) is 0 Å². The highest BCUT2D eigenvalue weighted by molar-refractivity contribution is 5.95. The number of hydrogen-bond donors (Lipinski definition) is 3. The van der Waals surface area contributed by atoms with Crippen LogP contribution in [0.2, 0.25) is 0 Å². The molecule has 0 radical (unpaired) electrons. The van der Waals surface area contributed by atoms with Crippen LogP contribution in [0.4, 0.5) is 11.4 Å². The summed E-state index contributed by atoms with van der Waals surface area (Å²) in [5.74, 6) is -0.330. The van der Waals surface area contributed by atoms with Gasteiger partial charge in [-0.3, -0.25) is 14.9 Å². The van der Waals surface area contributed by atoms with Gasteiger partial charge in [0.15, 0.2) is 0 Å². The third-order valence-electron chi connectivity index (χ3n) is 5.46. The Bertz CT molecular complexity index is 848. The molecule has 0 aromatic heterocycles. The van der Waals surface area contributed by atoms with Crippen molar-refractivity contribution in [3.8, 4) is 0 Å². The first kappa shape index (κ1) is 19.8. The van der Waals surface area contributed by atoms with Gasteiger partial charge in [0.1, 0.15) is 5.69 Å². The van der Waals surface area contributed by atoms with Gasteiger partial charge in [-0.2, -0.15) is 0 Å². The van der Waals surface area contributed by atoms with E-state index in [1.54, 1.807) is 0 Å². The van der Waals surface area contributed by atoms with Crippen molar-refractivity contribution >= 4 is 17.3 Å². The second kappa shape index (κ2) is 8.39. The van der Waals surface area contributed by atoms with Crippen LogP contribution in [0.25, 0.3) is 0 Å². The number of hydrogen-bond acceptors (Lipinski definition) is 5. The SMILES string of the molecule is CC(NC1(CNC(=O)c2ccc(N)c([N+](=O)[O-])c2)CCCC1)c1ccccc1. The first-order valence-electron chi connectivity index (χ1n) is 9.55. The van der Waals surface area contributed by atoms with Gasteiger partial charge in [-0.1, -0.05) is 43.2 Å². The number of nitro groups is 1. The lowest BCUT2D eigenvalue weighted by molar-refractivity contribution is -0.383. The van der Waals surface area contributed by atoms with E-state index in [2.05, 4.69) is 29.7 Å². The van der Waals surface area contributed by atoms with Crippen molar-refractivity contribution in [1.29, 1.82) is 0 Å². The molecular formula is C21H26N4O3. The van der Waals surface area contributed by atoms with Crippen molar-refractivity contribution in [2.45, 2.75) is 44.2 Å². The molecule has 4 N–H and O–H groups in total. The third-order valence-corrected chi connectivity index (χ3v) is 5.46. The summed E-state index contributed by atoms with van der Waals surface area (Å²) in [4.78, 5) is 23.1. The fourth-order valence-corrected chi connectivity index (χ4v) is 3.90. The number of benzene rings is 2. The summed E-state index contributed by atoms with van der Waals surface area (Å²) in [6.07, 6.45) is 4.17. The van der Waals surface area contributed by atoms with E-state index in [1.807, 2.05) is 18.2 Å². The number of anilines is 1. The zero-order valence-corrected chi connectivity index (χ0v) is 16.0. The van der Waals surface area contributed by atoms with Crippen LogP contribution in [0.5, 0.6) is 0 Å². The first-order chi connectivity index (χ1) is 13.4. The smallest absolute Gasteiger partial charge is 0.292 e. The molecule has 0 aliphatic heterocycles. The number of carbonyl (C=O) groups is 1. The number of nitro benzene ring substituents is 1. The quantitative estimate of drug-likeness (QED) is 0.385. The van der Waals surface area contributed by atoms with Gasteiger partial charge in [0.25, 0.3) is 11.6 Å². The van der Waals surface area contributed by atoms with E-state index in [-0.39, 0.29) is 34.4 Å². The summed E-state index contributed by atoms with van der Waals surface area (Å²) in [5.41, 5.74) is 6.68. The minimum atomic E-state index is -0.576. The van der Waals surface area contributed by atoms with Gasteiger partial charge in [0.05, 0.1) is 4.92 Å². The lowest BCUT2D eigenvalue weighted by Crippen LogP contribution is -2.52. The molecule has 3 rings (SSSR count). The zero-order valence-electron chi connectivity index (χ0n) is 16.0. The molecule has 1 atom stereocenters. The predicted molar refractivity (Wildman–Crippen MR) is 109 cm³/mol. The number of amides is 1. The van der Waals surface area contributed by atoms with Gasteiger partial charge in [-0.15, -0.1) is 0 Å². The van der Waals surface area contributed by atoms with Crippen molar-refractivity contribution < 1.29 is 9.72 Å². The molecule has 7 nitrogen and oxygen atoms in total. The van der Waals surface area contributed by atoms with Crippen LogP contribution >= 0.6 is 0 Å². The maximum Gasteiger partial charge on any atom is 0.292 e. The van der Waals surface area contributed by atoms with E-state index >= 15 is 0 Å². The molecule has 1 fully saturated rings. The minimum Gasteiger partial charge on any atom is -0.393 e. The lowest BCUT2D eigenvalue weighted by Gasteiger charge is -2.34. The second-order valence-corrected chi connectivity index (χ2v) is 7.48. The summed E-state index contributed by atoms with van der Waals surface area (Å²) in [6, 6.07) is 14.5. The number of nitrogen functional groups attached to an aromatic ring is 1. The molecule has 1 unspecified atom stereocenters. The van der Waals surface area contributed by atoms with Crippen LogP contribution in [0.1, 0.15) is 54.6 Å². The van der Waals surface area contributed by atoms with Crippen molar-refractivity contribution in [3.05, 3.63) is 69.8 Å². The molecule has 2 aromatic rings. The third kappa shape index (κ3) is 4.48. The number of carbonyl (C=O) groups excluding carboxylic acids is 1. The zero-order chi connectivity index (χ0) is 20.1. The van der Waals surface area contributed by atoms with Gasteiger partial charge in [0, 0.05) is 29.8 Å². The first-order valence-corrected chi connectivity index (χ1v) is 9.55. The Kier molecular flexibility index (Phi) is 5.94. The summed E-state index contributed by atoms with van der Waals surface area (Å²) < 4.78 is 0. The Hall–Kier alpha value is -2.93. The standard InChI is InChI=1S/C21H26N4O3/c1-15(16-7-3-2-4-8-16)24-21(11-5-6-12-21)14-23-20(26)17-9-10-18(22)19(13-17)25(27)28/h2-4,7-10,13,15,24H,5-6,11-12,14,22H2,1H3,(H,23,26). The molecular weight excluding hydrogens is 356 g/mol. The van der Waals surface area contributed by atoms with Crippen LogP contribution in [-0.4, -0.2) is 22.9 Å². The highest BCUT2D eigenvalue weighted by Crippen LogP contribution is 2.32. The van der Waals surface area contributed by atoms with Gasteiger partial charge in [-0.05, 0) is 37.5 Å². The summed E-state index contributed by atoms with van der Waals surface area (Å²) in [6.45, 7) is 2.60. The summed E-state index contributed by atoms with van der Waals surface area (Å²) in [5, 5.41) is 17.7. The van der Waals surface area contributed by atoms with Gasteiger partial charge in [0.2, 0.25) is 0 Å². The molecule has 1 amide bonds. The van der Waals surface area contributed by atoms with Crippen molar-refractivity contribution in [2.75, 3.05) is 12.3 Å². The van der Waals surface area contributed by atoms with E-state index in [9.17, 15) is 14.9 Å². The molecule has 0 bridgehead atoms. The average Bonchev–Trinajstić information content (AvgIpc) is 3.15. The Morgan fingerprint density at radius 2 is 1.89 bits per heavy atom. The molecule has 2 aromatic carbocycles. The lowest BCUT2D eigenvalue weighted by atomic mass is 9.94. The Balaban J connectivity index is 1.69. The van der Waals surface area contributed by atoms with E-state index in [0.717, 1.165) is 25.7 Å². The van der Waals surface area contributed by atoms with E-state index in [1.165, 1.54) is 23.8 Å². The van der Waals surface area contributed by atoms with Crippen molar-refractivity contribution in [3.63, 3.8) is 0 Å². The maximum atomic E-state index is 12.6. The number of rotatable bonds is 7. The Morgan fingerprint density at radius 1 is 1.21 bits per heavy atom. The Labute approximate surface area is 164 Å². The molecule has 148 valence electrons. The molecule has 0 spiro atoms. The van der Waals surface area contributed by atoms with Crippen LogP contribution in [0.15, 0.2) is 48.5 Å². The second-order valence-electron chi connectivity index (χ2n) is 7.48. The predicted octanol–water partition coefficient (Wildman–Crippen LogP) is 3.57. The van der Waals surface area contributed by atoms with Crippen LogP contribution in [0, 0.1) is 10.1 Å². The number of nitrogens with two attached hydrogens (primary N) is 1. The highest BCUT2D eigenvalue weighted by atomic mass is 16.6. The van der Waals surface area contributed by atoms with E-state index < -0.39 is 4.92 Å². The molecule has 0 saturated heterocycles.